The normalized spacial score (nSPS) is 11.6. The zero-order chi connectivity index (χ0) is 22.2. The summed E-state index contributed by atoms with van der Waals surface area (Å²) in [6.45, 7) is -0.197. The number of hydrogen-bond donors (Lipinski definition) is 0. The fourth-order valence-electron chi connectivity index (χ4n) is 3.02. The molecule has 0 unspecified atom stereocenters. The van der Waals surface area contributed by atoms with Crippen molar-refractivity contribution >= 4 is 52.4 Å². The fraction of sp³-hybridized carbons (Fsp3) is 0.0952. The van der Waals surface area contributed by atoms with Crippen LogP contribution in [0.15, 0.2) is 70.3 Å². The van der Waals surface area contributed by atoms with Crippen molar-refractivity contribution < 1.29 is 21.9 Å². The van der Waals surface area contributed by atoms with Gasteiger partial charge in [0, 0.05) is 22.5 Å². The largest absolute Gasteiger partial charge is 0.497 e. The van der Waals surface area contributed by atoms with Gasteiger partial charge < -0.3 is 4.74 Å². The minimum absolute atomic E-state index is 0.0143. The highest BCUT2D eigenvalue weighted by molar-refractivity contribution is 9.10. The van der Waals surface area contributed by atoms with Crippen molar-refractivity contribution in [3.05, 3.63) is 82.6 Å². The highest BCUT2D eigenvalue weighted by Crippen LogP contribution is 2.45. The summed E-state index contributed by atoms with van der Waals surface area (Å²) < 4.78 is 62.1. The average molecular weight is 525 g/mol. The molecule has 0 radical (unpaired) electrons. The summed E-state index contributed by atoms with van der Waals surface area (Å²) in [7, 11) is -2.51. The molecule has 10 heteroatoms. The lowest BCUT2D eigenvalue weighted by molar-refractivity contribution is 0.415. The predicted molar refractivity (Wildman–Crippen MR) is 120 cm³/mol. The Balaban J connectivity index is 1.89. The maximum atomic E-state index is 13.8. The molecule has 31 heavy (non-hydrogen) atoms. The lowest BCUT2D eigenvalue weighted by Crippen LogP contribution is -2.30. The van der Waals surface area contributed by atoms with E-state index in [0.717, 1.165) is 26.5 Å². The van der Waals surface area contributed by atoms with Crippen LogP contribution in [0.5, 0.6) is 5.75 Å². The minimum atomic E-state index is -4.06. The van der Waals surface area contributed by atoms with E-state index < -0.39 is 21.7 Å². The quantitative estimate of drug-likeness (QED) is 0.322. The molecule has 0 saturated carbocycles. The number of methoxy groups -OCH3 is 1. The summed E-state index contributed by atoms with van der Waals surface area (Å²) in [5.74, 6) is -1.41. The topological polar surface area (TPSA) is 59.5 Å². The van der Waals surface area contributed by atoms with Gasteiger partial charge in [-0.05, 0) is 64.0 Å². The summed E-state index contributed by atoms with van der Waals surface area (Å²) in [6.07, 6.45) is 2.72. The molecule has 0 fully saturated rings. The first kappa shape index (κ1) is 21.7. The number of rotatable bonds is 6. The van der Waals surface area contributed by atoms with Crippen molar-refractivity contribution in [2.75, 3.05) is 11.4 Å². The lowest BCUT2D eigenvalue weighted by Gasteiger charge is -2.23. The van der Waals surface area contributed by atoms with E-state index in [-0.39, 0.29) is 11.4 Å². The van der Waals surface area contributed by atoms with Crippen LogP contribution in [0.25, 0.3) is 10.1 Å². The Morgan fingerprint density at radius 3 is 2.61 bits per heavy atom. The van der Waals surface area contributed by atoms with E-state index in [1.54, 1.807) is 19.2 Å². The molecule has 0 spiro atoms. The standard InChI is InChI=1S/C21H15BrF2N2O3S2/c1-29-14-5-6-16-19(10-14)30-21(20(16)22)26(12-13-4-7-17(23)18(24)9-13)31(27,28)15-3-2-8-25-11-15/h2-11H,12H2,1H3. The monoisotopic (exact) mass is 524 g/mol. The minimum Gasteiger partial charge on any atom is -0.497 e. The number of pyridine rings is 1. The number of fused-ring (bicyclic) bond motifs is 1. The highest BCUT2D eigenvalue weighted by Gasteiger charge is 2.29. The van der Waals surface area contributed by atoms with Gasteiger partial charge in [-0.2, -0.15) is 0 Å². The van der Waals surface area contributed by atoms with Gasteiger partial charge in [0.25, 0.3) is 10.0 Å². The van der Waals surface area contributed by atoms with Gasteiger partial charge in [0.1, 0.15) is 15.6 Å². The first-order valence-electron chi connectivity index (χ1n) is 8.94. The van der Waals surface area contributed by atoms with Gasteiger partial charge in [-0.1, -0.05) is 6.07 Å². The lowest BCUT2D eigenvalue weighted by atomic mass is 10.2. The van der Waals surface area contributed by atoms with Crippen LogP contribution >= 0.6 is 27.3 Å². The molecule has 160 valence electrons. The second-order valence-electron chi connectivity index (χ2n) is 6.53. The van der Waals surface area contributed by atoms with Gasteiger partial charge in [0.05, 0.1) is 18.1 Å². The number of halogens is 3. The second kappa shape index (κ2) is 8.52. The Morgan fingerprint density at radius 1 is 1.13 bits per heavy atom. The van der Waals surface area contributed by atoms with E-state index in [0.29, 0.717) is 20.8 Å². The number of aromatic nitrogens is 1. The van der Waals surface area contributed by atoms with Crippen molar-refractivity contribution in [1.29, 1.82) is 0 Å². The smallest absolute Gasteiger partial charge is 0.266 e. The van der Waals surface area contributed by atoms with Gasteiger partial charge in [-0.25, -0.2) is 17.2 Å². The Morgan fingerprint density at radius 2 is 1.94 bits per heavy atom. The van der Waals surface area contributed by atoms with Crippen molar-refractivity contribution in [2.24, 2.45) is 0 Å². The molecule has 2 aromatic carbocycles. The van der Waals surface area contributed by atoms with E-state index in [4.69, 9.17) is 4.74 Å². The molecule has 0 aliphatic rings. The van der Waals surface area contributed by atoms with E-state index >= 15 is 0 Å². The number of sulfonamides is 1. The summed E-state index contributed by atoms with van der Waals surface area (Å²) in [5.41, 5.74) is 0.299. The number of ether oxygens (including phenoxy) is 1. The Kier molecular flexibility index (Phi) is 5.96. The molecule has 2 aromatic heterocycles. The third kappa shape index (κ3) is 4.15. The van der Waals surface area contributed by atoms with Crippen LogP contribution < -0.4 is 9.04 Å². The van der Waals surface area contributed by atoms with Crippen molar-refractivity contribution in [3.8, 4) is 5.75 Å². The first-order valence-corrected chi connectivity index (χ1v) is 12.0. The van der Waals surface area contributed by atoms with E-state index in [9.17, 15) is 17.2 Å². The molecule has 0 saturated heterocycles. The molecule has 2 heterocycles. The second-order valence-corrected chi connectivity index (χ2v) is 10.2. The number of thiophene rings is 1. The summed E-state index contributed by atoms with van der Waals surface area (Å²) in [6, 6.07) is 11.7. The maximum absolute atomic E-state index is 13.8. The van der Waals surface area contributed by atoms with Crippen molar-refractivity contribution in [1.82, 2.24) is 4.98 Å². The molecule has 4 rings (SSSR count). The highest BCUT2D eigenvalue weighted by atomic mass is 79.9. The van der Waals surface area contributed by atoms with E-state index in [2.05, 4.69) is 20.9 Å². The summed E-state index contributed by atoms with van der Waals surface area (Å²) in [4.78, 5) is 3.89. The summed E-state index contributed by atoms with van der Waals surface area (Å²) >= 11 is 4.76. The molecule has 0 bridgehead atoms. The van der Waals surface area contributed by atoms with Crippen LogP contribution in [0.2, 0.25) is 0 Å². The van der Waals surface area contributed by atoms with Gasteiger partial charge >= 0.3 is 0 Å². The number of nitrogens with zero attached hydrogens (tertiary/aromatic N) is 2. The van der Waals surface area contributed by atoms with Crippen LogP contribution in [0.4, 0.5) is 13.8 Å². The first-order chi connectivity index (χ1) is 14.8. The molecule has 0 amide bonds. The molecule has 4 aromatic rings. The van der Waals surface area contributed by atoms with E-state index in [1.807, 2.05) is 6.07 Å². The zero-order valence-corrected chi connectivity index (χ0v) is 19.3. The number of hydrogen-bond acceptors (Lipinski definition) is 5. The molecule has 5 nitrogen and oxygen atoms in total. The van der Waals surface area contributed by atoms with Gasteiger partial charge in [-0.3, -0.25) is 9.29 Å². The Bertz CT molecular complexity index is 1360. The Hall–Kier alpha value is -2.56. The predicted octanol–water partition coefficient (Wildman–Crippen LogP) is 5.74. The third-order valence-electron chi connectivity index (χ3n) is 4.58. The van der Waals surface area contributed by atoms with Crippen molar-refractivity contribution in [2.45, 2.75) is 11.4 Å². The van der Waals surface area contributed by atoms with Crippen LogP contribution in [0.1, 0.15) is 5.56 Å². The zero-order valence-electron chi connectivity index (χ0n) is 16.1. The number of benzene rings is 2. The Labute approximate surface area is 190 Å². The van der Waals surface area contributed by atoms with Gasteiger partial charge in [-0.15, -0.1) is 11.3 Å². The van der Waals surface area contributed by atoms with Crippen LogP contribution in [0.3, 0.4) is 0 Å². The fourth-order valence-corrected chi connectivity index (χ4v) is 6.83. The van der Waals surface area contributed by atoms with Crippen LogP contribution in [-0.2, 0) is 16.6 Å². The third-order valence-corrected chi connectivity index (χ3v) is 8.66. The summed E-state index contributed by atoms with van der Waals surface area (Å²) in [5, 5.41) is 1.20. The SMILES string of the molecule is COc1ccc2c(Br)c(N(Cc3ccc(F)c(F)c3)S(=O)(=O)c3cccnc3)sc2c1. The van der Waals surface area contributed by atoms with Crippen LogP contribution in [0, 0.1) is 11.6 Å². The molecule has 0 aliphatic heterocycles. The maximum Gasteiger partial charge on any atom is 0.266 e. The van der Waals surface area contributed by atoms with E-state index in [1.165, 1.54) is 41.9 Å². The van der Waals surface area contributed by atoms with Gasteiger partial charge in [0.15, 0.2) is 11.6 Å². The molecule has 0 atom stereocenters. The molecular weight excluding hydrogens is 510 g/mol. The average Bonchev–Trinajstić information content (AvgIpc) is 3.10. The molecular formula is C21H15BrF2N2O3S2. The molecule has 0 N–H and O–H groups in total. The number of anilines is 1. The van der Waals surface area contributed by atoms with Crippen molar-refractivity contribution in [3.63, 3.8) is 0 Å². The molecule has 0 aliphatic carbocycles. The van der Waals surface area contributed by atoms with Gasteiger partial charge in [0.2, 0.25) is 0 Å². The van der Waals surface area contributed by atoms with Crippen LogP contribution in [-0.4, -0.2) is 20.5 Å².